The monoisotopic (exact) mass is 238 g/mol. The van der Waals surface area contributed by atoms with E-state index < -0.39 is 0 Å². The molecule has 0 aromatic rings. The Hall–Kier alpha value is -0.0800. The summed E-state index contributed by atoms with van der Waals surface area (Å²) in [6.45, 7) is 8.13. The molecule has 0 bridgehead atoms. The van der Waals surface area contributed by atoms with E-state index in [-0.39, 0.29) is 0 Å². The van der Waals surface area contributed by atoms with Crippen LogP contribution in [0.3, 0.4) is 0 Å². The second-order valence-electron chi connectivity index (χ2n) is 6.58. The molecule has 1 aliphatic heterocycles. The zero-order valence-electron chi connectivity index (χ0n) is 11.9. The molecule has 2 N–H and O–H groups in total. The lowest BCUT2D eigenvalue weighted by atomic mass is 9.77. The highest BCUT2D eigenvalue weighted by Gasteiger charge is 2.37. The van der Waals surface area contributed by atoms with E-state index in [4.69, 9.17) is 5.73 Å². The van der Waals surface area contributed by atoms with E-state index in [2.05, 4.69) is 25.7 Å². The summed E-state index contributed by atoms with van der Waals surface area (Å²) in [6, 6.07) is 2.19. The van der Waals surface area contributed by atoms with Crippen molar-refractivity contribution in [1.29, 1.82) is 0 Å². The molecule has 0 radical (unpaired) electrons. The van der Waals surface area contributed by atoms with Gasteiger partial charge in [-0.25, -0.2) is 0 Å². The fraction of sp³-hybridized carbons (Fsp3) is 1.00. The summed E-state index contributed by atoms with van der Waals surface area (Å²) < 4.78 is 0. The number of hydrogen-bond donors (Lipinski definition) is 1. The van der Waals surface area contributed by atoms with E-state index in [1.54, 1.807) is 0 Å². The largest absolute Gasteiger partial charge is 0.329 e. The standard InChI is InChI=1S/C15H30N2/c1-11-7-8-12(2)15(9-11)17-13(3)5-4-6-14(17)10-16/h11-15H,4-10,16H2,1-3H3. The molecule has 0 aromatic heterocycles. The molecule has 1 aliphatic carbocycles. The maximum absolute atomic E-state index is 6.00. The van der Waals surface area contributed by atoms with Gasteiger partial charge in [0, 0.05) is 24.7 Å². The molecule has 17 heavy (non-hydrogen) atoms. The van der Waals surface area contributed by atoms with Crippen LogP contribution in [0.2, 0.25) is 0 Å². The minimum Gasteiger partial charge on any atom is -0.329 e. The maximum atomic E-state index is 6.00. The number of rotatable bonds is 2. The Morgan fingerprint density at radius 1 is 1.06 bits per heavy atom. The van der Waals surface area contributed by atoms with Crippen LogP contribution in [0.1, 0.15) is 59.3 Å². The SMILES string of the molecule is CC1CCC(C)C(N2C(C)CCCC2CN)C1. The molecule has 2 nitrogen and oxygen atoms in total. The van der Waals surface area contributed by atoms with Crippen LogP contribution in [-0.4, -0.2) is 29.6 Å². The first-order chi connectivity index (χ1) is 8.13. The third kappa shape index (κ3) is 2.85. The lowest BCUT2D eigenvalue weighted by Gasteiger charge is -2.50. The number of piperidine rings is 1. The lowest BCUT2D eigenvalue weighted by molar-refractivity contribution is -0.00105. The Morgan fingerprint density at radius 3 is 2.53 bits per heavy atom. The van der Waals surface area contributed by atoms with Gasteiger partial charge in [0.25, 0.3) is 0 Å². The van der Waals surface area contributed by atoms with Gasteiger partial charge in [-0.15, -0.1) is 0 Å². The Bertz CT molecular complexity index is 241. The van der Waals surface area contributed by atoms with Crippen molar-refractivity contribution < 1.29 is 0 Å². The summed E-state index contributed by atoms with van der Waals surface area (Å²) in [5.74, 6) is 1.77. The summed E-state index contributed by atoms with van der Waals surface area (Å²) in [4.78, 5) is 2.80. The highest BCUT2D eigenvalue weighted by atomic mass is 15.2. The van der Waals surface area contributed by atoms with E-state index in [1.807, 2.05) is 0 Å². The molecule has 5 unspecified atom stereocenters. The van der Waals surface area contributed by atoms with Crippen LogP contribution in [-0.2, 0) is 0 Å². The van der Waals surface area contributed by atoms with Gasteiger partial charge in [0.1, 0.15) is 0 Å². The highest BCUT2D eigenvalue weighted by molar-refractivity contribution is 4.92. The smallest absolute Gasteiger partial charge is 0.0224 e. The third-order valence-corrected chi connectivity index (χ3v) is 5.16. The van der Waals surface area contributed by atoms with Crippen molar-refractivity contribution in [3.8, 4) is 0 Å². The van der Waals surface area contributed by atoms with Gasteiger partial charge in [-0.2, -0.15) is 0 Å². The molecule has 2 aliphatic rings. The minimum atomic E-state index is 0.650. The summed E-state index contributed by atoms with van der Waals surface area (Å²) in [7, 11) is 0. The molecule has 1 saturated heterocycles. The zero-order chi connectivity index (χ0) is 12.4. The van der Waals surface area contributed by atoms with Crippen LogP contribution in [0, 0.1) is 11.8 Å². The van der Waals surface area contributed by atoms with Crippen molar-refractivity contribution in [3.63, 3.8) is 0 Å². The van der Waals surface area contributed by atoms with Gasteiger partial charge in [0.2, 0.25) is 0 Å². The van der Waals surface area contributed by atoms with Crippen molar-refractivity contribution in [2.75, 3.05) is 6.54 Å². The van der Waals surface area contributed by atoms with Gasteiger partial charge in [-0.1, -0.05) is 26.7 Å². The number of hydrogen-bond acceptors (Lipinski definition) is 2. The number of nitrogens with zero attached hydrogens (tertiary/aromatic N) is 1. The van der Waals surface area contributed by atoms with Crippen molar-refractivity contribution in [1.82, 2.24) is 4.90 Å². The van der Waals surface area contributed by atoms with Crippen molar-refractivity contribution in [3.05, 3.63) is 0 Å². The quantitative estimate of drug-likeness (QED) is 0.801. The first kappa shape index (κ1) is 13.4. The Morgan fingerprint density at radius 2 is 1.82 bits per heavy atom. The number of likely N-dealkylation sites (tertiary alicyclic amines) is 1. The Labute approximate surface area is 107 Å². The molecule has 0 aromatic carbocycles. The second-order valence-corrected chi connectivity index (χ2v) is 6.58. The average molecular weight is 238 g/mol. The number of nitrogens with two attached hydrogens (primary N) is 1. The van der Waals surface area contributed by atoms with Gasteiger partial charge in [-0.3, -0.25) is 4.90 Å². The van der Waals surface area contributed by atoms with Crippen molar-refractivity contribution >= 4 is 0 Å². The summed E-state index contributed by atoms with van der Waals surface area (Å²) >= 11 is 0. The van der Waals surface area contributed by atoms with Crippen LogP contribution in [0.15, 0.2) is 0 Å². The van der Waals surface area contributed by atoms with Gasteiger partial charge in [-0.05, 0) is 44.4 Å². The molecule has 0 spiro atoms. The van der Waals surface area contributed by atoms with Gasteiger partial charge in [0.15, 0.2) is 0 Å². The summed E-state index contributed by atoms with van der Waals surface area (Å²) in [5, 5.41) is 0. The van der Waals surface area contributed by atoms with Gasteiger partial charge in [0.05, 0.1) is 0 Å². The van der Waals surface area contributed by atoms with E-state index in [9.17, 15) is 0 Å². The molecule has 2 heteroatoms. The molecular weight excluding hydrogens is 208 g/mol. The van der Waals surface area contributed by atoms with Crippen LogP contribution in [0.5, 0.6) is 0 Å². The van der Waals surface area contributed by atoms with Gasteiger partial charge >= 0.3 is 0 Å². The molecule has 5 atom stereocenters. The Kier molecular flexibility index (Phi) is 4.48. The lowest BCUT2D eigenvalue weighted by Crippen LogP contribution is -2.56. The normalized spacial score (nSPS) is 44.8. The van der Waals surface area contributed by atoms with E-state index >= 15 is 0 Å². The summed E-state index contributed by atoms with van der Waals surface area (Å²) in [5.41, 5.74) is 6.00. The predicted octanol–water partition coefficient (Wildman–Crippen LogP) is 3.01. The van der Waals surface area contributed by atoms with Crippen molar-refractivity contribution in [2.45, 2.75) is 77.4 Å². The van der Waals surface area contributed by atoms with E-state index in [0.29, 0.717) is 6.04 Å². The van der Waals surface area contributed by atoms with Gasteiger partial charge < -0.3 is 5.73 Å². The van der Waals surface area contributed by atoms with Crippen LogP contribution in [0.4, 0.5) is 0 Å². The highest BCUT2D eigenvalue weighted by Crippen LogP contribution is 2.36. The Balaban J connectivity index is 2.10. The third-order valence-electron chi connectivity index (χ3n) is 5.16. The molecule has 100 valence electrons. The average Bonchev–Trinajstić information content (AvgIpc) is 2.32. The first-order valence-electron chi connectivity index (χ1n) is 7.61. The van der Waals surface area contributed by atoms with Crippen molar-refractivity contribution in [2.24, 2.45) is 17.6 Å². The predicted molar refractivity (Wildman–Crippen MR) is 74.0 cm³/mol. The maximum Gasteiger partial charge on any atom is 0.0224 e. The summed E-state index contributed by atoms with van der Waals surface area (Å²) in [6.07, 6.45) is 8.28. The zero-order valence-corrected chi connectivity index (χ0v) is 11.9. The molecular formula is C15H30N2. The van der Waals surface area contributed by atoms with Crippen LogP contribution in [0.25, 0.3) is 0 Å². The molecule has 1 heterocycles. The fourth-order valence-corrected chi connectivity index (χ4v) is 4.06. The molecule has 2 rings (SSSR count). The molecule has 1 saturated carbocycles. The fourth-order valence-electron chi connectivity index (χ4n) is 4.06. The second kappa shape index (κ2) is 5.71. The van der Waals surface area contributed by atoms with Crippen LogP contribution >= 0.6 is 0 Å². The van der Waals surface area contributed by atoms with Crippen LogP contribution < -0.4 is 5.73 Å². The van der Waals surface area contributed by atoms with E-state index in [1.165, 1.54) is 38.5 Å². The molecule has 2 fully saturated rings. The first-order valence-corrected chi connectivity index (χ1v) is 7.61. The van der Waals surface area contributed by atoms with E-state index in [0.717, 1.165) is 30.5 Å². The molecule has 0 amide bonds. The topological polar surface area (TPSA) is 29.3 Å². The minimum absolute atomic E-state index is 0.650.